The summed E-state index contributed by atoms with van der Waals surface area (Å²) < 4.78 is 0. The Kier molecular flexibility index (Phi) is 7.91. The Morgan fingerprint density at radius 2 is 1.29 bits per heavy atom. The van der Waals surface area contributed by atoms with Crippen LogP contribution in [0.2, 0.25) is 0 Å². The summed E-state index contributed by atoms with van der Waals surface area (Å²) in [5.41, 5.74) is 5.78. The minimum absolute atomic E-state index is 0.407. The first-order valence-corrected chi connectivity index (χ1v) is 15.7. The van der Waals surface area contributed by atoms with Crippen molar-refractivity contribution in [2.24, 2.45) is 0 Å². The van der Waals surface area contributed by atoms with Gasteiger partial charge in [-0.1, -0.05) is 115 Å². The van der Waals surface area contributed by atoms with E-state index >= 15 is 0 Å². The molecule has 1 aliphatic carbocycles. The van der Waals surface area contributed by atoms with Crippen LogP contribution in [-0.2, 0) is 6.42 Å². The molecular formula is C35H32NPS. The molecular weight excluding hydrogens is 497 g/mol. The highest BCUT2D eigenvalue weighted by Gasteiger charge is 2.31. The largest absolute Gasteiger partial charge is 0.384 e. The highest BCUT2D eigenvalue weighted by molar-refractivity contribution is 7.99. The van der Waals surface area contributed by atoms with Crippen molar-refractivity contribution in [2.45, 2.75) is 23.7 Å². The third-order valence-corrected chi connectivity index (χ3v) is 10.8. The van der Waals surface area contributed by atoms with E-state index in [1.165, 1.54) is 37.6 Å². The summed E-state index contributed by atoms with van der Waals surface area (Å²) in [5, 5.41) is 8.12. The van der Waals surface area contributed by atoms with E-state index in [4.69, 9.17) is 0 Å². The molecule has 0 saturated heterocycles. The van der Waals surface area contributed by atoms with Gasteiger partial charge in [-0.25, -0.2) is 0 Å². The number of nitrogens with one attached hydrogen (secondary N) is 1. The highest BCUT2D eigenvalue weighted by atomic mass is 32.2. The second-order valence-electron chi connectivity index (χ2n) is 9.62. The fourth-order valence-electron chi connectivity index (χ4n) is 5.58. The summed E-state index contributed by atoms with van der Waals surface area (Å²) in [6.07, 6.45) is 2.30. The van der Waals surface area contributed by atoms with Crippen LogP contribution in [0.1, 0.15) is 29.0 Å². The number of anilines is 1. The summed E-state index contributed by atoms with van der Waals surface area (Å²) in [6.45, 7) is 0.943. The van der Waals surface area contributed by atoms with Crippen LogP contribution in [0.3, 0.4) is 0 Å². The van der Waals surface area contributed by atoms with Crippen molar-refractivity contribution < 1.29 is 0 Å². The molecule has 0 radical (unpaired) electrons. The van der Waals surface area contributed by atoms with Crippen LogP contribution in [0.25, 0.3) is 0 Å². The van der Waals surface area contributed by atoms with Gasteiger partial charge in [0, 0.05) is 28.8 Å². The Morgan fingerprint density at radius 3 is 2.00 bits per heavy atom. The molecule has 0 spiro atoms. The van der Waals surface area contributed by atoms with Crippen LogP contribution in [0.4, 0.5) is 5.69 Å². The Bertz CT molecular complexity index is 1430. The van der Waals surface area contributed by atoms with Crippen molar-refractivity contribution in [1.29, 1.82) is 0 Å². The molecule has 3 heteroatoms. The van der Waals surface area contributed by atoms with Crippen LogP contribution >= 0.6 is 19.7 Å². The zero-order chi connectivity index (χ0) is 25.6. The van der Waals surface area contributed by atoms with Gasteiger partial charge in [0.15, 0.2) is 0 Å². The van der Waals surface area contributed by atoms with Crippen molar-refractivity contribution in [3.63, 3.8) is 0 Å². The smallest absolute Gasteiger partial charge is 0.0379 e. The van der Waals surface area contributed by atoms with Gasteiger partial charge in [-0.15, -0.1) is 11.8 Å². The van der Waals surface area contributed by atoms with Crippen LogP contribution < -0.4 is 21.2 Å². The molecule has 0 aliphatic heterocycles. The van der Waals surface area contributed by atoms with Gasteiger partial charge in [0.25, 0.3) is 0 Å². The number of aryl methyl sites for hydroxylation is 1. The molecule has 0 amide bonds. The van der Waals surface area contributed by atoms with Crippen molar-refractivity contribution in [2.75, 3.05) is 17.6 Å². The lowest BCUT2D eigenvalue weighted by molar-refractivity contribution is 0.791. The number of para-hydroxylation sites is 1. The monoisotopic (exact) mass is 529 g/mol. The van der Waals surface area contributed by atoms with E-state index in [9.17, 15) is 0 Å². The van der Waals surface area contributed by atoms with E-state index in [2.05, 4.69) is 139 Å². The van der Waals surface area contributed by atoms with Crippen molar-refractivity contribution >= 4 is 41.3 Å². The first kappa shape index (κ1) is 25.0. The average molecular weight is 530 g/mol. The van der Waals surface area contributed by atoms with Gasteiger partial charge >= 0.3 is 0 Å². The fraction of sp³-hybridized carbons (Fsp3) is 0.143. The minimum atomic E-state index is -0.639. The number of fused-ring (bicyclic) bond motifs is 1. The van der Waals surface area contributed by atoms with Crippen LogP contribution in [0.15, 0.2) is 138 Å². The highest BCUT2D eigenvalue weighted by Crippen LogP contribution is 2.45. The first-order chi connectivity index (χ1) is 18.9. The predicted molar refractivity (Wildman–Crippen MR) is 167 cm³/mol. The maximum Gasteiger partial charge on any atom is 0.0379 e. The molecule has 0 saturated carbocycles. The second kappa shape index (κ2) is 12.0. The van der Waals surface area contributed by atoms with E-state index in [-0.39, 0.29) is 0 Å². The maximum atomic E-state index is 3.79. The summed E-state index contributed by atoms with van der Waals surface area (Å²) in [4.78, 5) is 1.33. The molecule has 6 rings (SSSR count). The van der Waals surface area contributed by atoms with E-state index in [1.54, 1.807) is 5.56 Å². The molecule has 5 aromatic rings. The molecule has 188 valence electrons. The topological polar surface area (TPSA) is 12.0 Å². The lowest BCUT2D eigenvalue weighted by Gasteiger charge is -2.26. The van der Waals surface area contributed by atoms with Gasteiger partial charge in [0.1, 0.15) is 0 Å². The van der Waals surface area contributed by atoms with Crippen LogP contribution in [0.5, 0.6) is 0 Å². The maximum absolute atomic E-state index is 3.79. The Balaban J connectivity index is 1.33. The molecule has 1 nitrogen and oxygen atoms in total. The molecule has 38 heavy (non-hydrogen) atoms. The SMILES string of the molecule is c1ccc(SCCNc2ccccc2[C@H]2CCc3cccc(P(c4ccccc4)c4ccccc4)c32)cc1. The zero-order valence-corrected chi connectivity index (χ0v) is 23.2. The van der Waals surface area contributed by atoms with Gasteiger partial charge in [-0.3, -0.25) is 0 Å². The number of benzene rings is 5. The number of hydrogen-bond donors (Lipinski definition) is 1. The molecule has 0 aromatic heterocycles. The van der Waals surface area contributed by atoms with E-state index < -0.39 is 7.92 Å². The predicted octanol–water partition coefficient (Wildman–Crippen LogP) is 7.73. The Morgan fingerprint density at radius 1 is 0.658 bits per heavy atom. The minimum Gasteiger partial charge on any atom is -0.384 e. The normalized spacial score (nSPS) is 14.4. The molecule has 1 N–H and O–H groups in total. The summed E-state index contributed by atoms with van der Waals surface area (Å²) in [7, 11) is -0.639. The summed E-state index contributed by atoms with van der Waals surface area (Å²) in [6, 6.07) is 48.9. The van der Waals surface area contributed by atoms with Crippen molar-refractivity contribution in [3.8, 4) is 0 Å². The quantitative estimate of drug-likeness (QED) is 0.119. The second-order valence-corrected chi connectivity index (χ2v) is 13.0. The van der Waals surface area contributed by atoms with Gasteiger partial charge < -0.3 is 5.32 Å². The average Bonchev–Trinajstić information content (AvgIpc) is 3.42. The van der Waals surface area contributed by atoms with Crippen LogP contribution in [-0.4, -0.2) is 12.3 Å². The molecule has 1 atom stereocenters. The number of hydrogen-bond acceptors (Lipinski definition) is 2. The molecule has 1 aliphatic rings. The van der Waals surface area contributed by atoms with E-state index in [0.29, 0.717) is 5.92 Å². The van der Waals surface area contributed by atoms with Gasteiger partial charge in [-0.05, 0) is 71.6 Å². The molecule has 5 aromatic carbocycles. The fourth-order valence-corrected chi connectivity index (χ4v) is 8.94. The number of thioether (sulfide) groups is 1. The lowest BCUT2D eigenvalue weighted by Crippen LogP contribution is -2.24. The molecule has 0 fully saturated rings. The zero-order valence-electron chi connectivity index (χ0n) is 21.5. The standard InChI is InChI=1S/C35H32NPS/c1-4-14-28(15-5-1)37(29-16-6-2-7-17-29)34-22-12-13-27-23-24-32(35(27)34)31-20-10-11-21-33(31)36-25-26-38-30-18-8-3-9-19-30/h1-22,32,36H,23-26H2/t32-/m1/s1. The van der Waals surface area contributed by atoms with Gasteiger partial charge in [-0.2, -0.15) is 0 Å². The van der Waals surface area contributed by atoms with Gasteiger partial charge in [0.05, 0.1) is 0 Å². The first-order valence-electron chi connectivity index (χ1n) is 13.4. The molecule has 0 bridgehead atoms. The van der Waals surface area contributed by atoms with Gasteiger partial charge in [0.2, 0.25) is 0 Å². The Labute approximate surface area is 232 Å². The lowest BCUT2D eigenvalue weighted by atomic mass is 9.91. The van der Waals surface area contributed by atoms with E-state index in [0.717, 1.165) is 25.1 Å². The van der Waals surface area contributed by atoms with Crippen molar-refractivity contribution in [3.05, 3.63) is 150 Å². The number of rotatable bonds is 9. The third-order valence-electron chi connectivity index (χ3n) is 7.26. The Hall–Kier alpha value is -3.32. The summed E-state index contributed by atoms with van der Waals surface area (Å²) >= 11 is 1.91. The molecule has 0 unspecified atom stereocenters. The van der Waals surface area contributed by atoms with E-state index in [1.807, 2.05) is 11.8 Å². The third kappa shape index (κ3) is 5.44. The van der Waals surface area contributed by atoms with Crippen LogP contribution in [0, 0.1) is 0 Å². The summed E-state index contributed by atoms with van der Waals surface area (Å²) in [5.74, 6) is 1.45. The van der Waals surface area contributed by atoms with Crippen molar-refractivity contribution in [1.82, 2.24) is 0 Å². The molecule has 0 heterocycles.